The van der Waals surface area contributed by atoms with Gasteiger partial charge in [0.25, 0.3) is 5.91 Å². The molecule has 5 nitrogen and oxygen atoms in total. The highest BCUT2D eigenvalue weighted by Gasteiger charge is 2.14. The maximum atomic E-state index is 13.7. The molecule has 3 rings (SSSR count). The van der Waals surface area contributed by atoms with E-state index in [2.05, 4.69) is 26.6 Å². The number of halogens is 2. The summed E-state index contributed by atoms with van der Waals surface area (Å²) in [5.74, 6) is 0.531. The number of ether oxygens (including phenoxy) is 2. The van der Waals surface area contributed by atoms with Crippen molar-refractivity contribution < 1.29 is 18.7 Å². The Hall–Kier alpha value is -2.90. The van der Waals surface area contributed by atoms with Crippen LogP contribution in [0.4, 0.5) is 10.1 Å². The van der Waals surface area contributed by atoms with Crippen molar-refractivity contribution in [2.45, 2.75) is 19.9 Å². The quantitative estimate of drug-likeness (QED) is 0.373. The standard InChI is InChI=1S/C25H26BrFN2O3/c1-17-7-9-20(10-8-17)29-24(30)16-32-25-21(26)13-18(14-23(25)31-2)15-28-12-11-19-5-3-4-6-22(19)27/h3-10,13-14,28H,11-12,15-16H2,1-2H3,(H,29,30). The zero-order chi connectivity index (χ0) is 22.9. The van der Waals surface area contributed by atoms with Crippen molar-refractivity contribution in [1.29, 1.82) is 0 Å². The maximum Gasteiger partial charge on any atom is 0.262 e. The number of aryl methyl sites for hydroxylation is 1. The van der Waals surface area contributed by atoms with Gasteiger partial charge in [0, 0.05) is 12.2 Å². The van der Waals surface area contributed by atoms with Crippen LogP contribution in [0.3, 0.4) is 0 Å². The highest BCUT2D eigenvalue weighted by atomic mass is 79.9. The van der Waals surface area contributed by atoms with Gasteiger partial charge in [0.05, 0.1) is 11.6 Å². The first-order valence-corrected chi connectivity index (χ1v) is 11.1. The summed E-state index contributed by atoms with van der Waals surface area (Å²) < 4.78 is 25.6. The molecule has 0 bridgehead atoms. The number of benzene rings is 3. The van der Waals surface area contributed by atoms with Crippen LogP contribution in [0, 0.1) is 12.7 Å². The minimum absolute atomic E-state index is 0.150. The van der Waals surface area contributed by atoms with Crippen molar-refractivity contribution in [3.05, 3.63) is 87.6 Å². The van der Waals surface area contributed by atoms with Crippen molar-refractivity contribution in [1.82, 2.24) is 5.32 Å². The topological polar surface area (TPSA) is 59.6 Å². The Labute approximate surface area is 196 Å². The molecule has 7 heteroatoms. The maximum absolute atomic E-state index is 13.7. The highest BCUT2D eigenvalue weighted by Crippen LogP contribution is 2.36. The lowest BCUT2D eigenvalue weighted by molar-refractivity contribution is -0.118. The number of anilines is 1. The second kappa shape index (κ2) is 11.6. The monoisotopic (exact) mass is 500 g/mol. The SMILES string of the molecule is COc1cc(CNCCc2ccccc2F)cc(Br)c1OCC(=O)Nc1ccc(C)cc1. The molecule has 168 valence electrons. The van der Waals surface area contributed by atoms with Crippen LogP contribution in [0.2, 0.25) is 0 Å². The molecule has 0 aliphatic rings. The largest absolute Gasteiger partial charge is 0.493 e. The average Bonchev–Trinajstić information content (AvgIpc) is 2.78. The van der Waals surface area contributed by atoms with Crippen LogP contribution in [0.5, 0.6) is 11.5 Å². The van der Waals surface area contributed by atoms with E-state index in [1.807, 2.05) is 49.4 Å². The van der Waals surface area contributed by atoms with E-state index in [-0.39, 0.29) is 18.3 Å². The molecule has 0 atom stereocenters. The van der Waals surface area contributed by atoms with Crippen molar-refractivity contribution in [3.63, 3.8) is 0 Å². The van der Waals surface area contributed by atoms with Crippen LogP contribution in [-0.2, 0) is 17.8 Å². The summed E-state index contributed by atoms with van der Waals surface area (Å²) in [6.07, 6.45) is 0.599. The van der Waals surface area contributed by atoms with E-state index in [0.29, 0.717) is 46.7 Å². The number of amides is 1. The Balaban J connectivity index is 1.54. The third kappa shape index (κ3) is 6.80. The number of hydrogen-bond acceptors (Lipinski definition) is 4. The van der Waals surface area contributed by atoms with Crippen molar-refractivity contribution in [2.75, 3.05) is 25.6 Å². The number of carbonyl (C=O) groups excluding carboxylic acids is 1. The predicted octanol–water partition coefficient (Wildman–Crippen LogP) is 5.26. The zero-order valence-electron chi connectivity index (χ0n) is 18.1. The summed E-state index contributed by atoms with van der Waals surface area (Å²) in [5.41, 5.74) is 3.49. The van der Waals surface area contributed by atoms with Gasteiger partial charge in [-0.3, -0.25) is 4.79 Å². The van der Waals surface area contributed by atoms with Crippen LogP contribution in [0.1, 0.15) is 16.7 Å². The summed E-state index contributed by atoms with van der Waals surface area (Å²) >= 11 is 3.50. The molecule has 0 saturated carbocycles. The molecule has 3 aromatic rings. The fraction of sp³-hybridized carbons (Fsp3) is 0.240. The van der Waals surface area contributed by atoms with Gasteiger partial charge in [0.15, 0.2) is 18.1 Å². The van der Waals surface area contributed by atoms with Crippen LogP contribution in [0.15, 0.2) is 65.1 Å². The van der Waals surface area contributed by atoms with E-state index in [1.54, 1.807) is 19.2 Å². The number of carbonyl (C=O) groups is 1. The summed E-state index contributed by atoms with van der Waals surface area (Å²) in [4.78, 5) is 12.2. The summed E-state index contributed by atoms with van der Waals surface area (Å²) in [5, 5.41) is 6.11. The van der Waals surface area contributed by atoms with Gasteiger partial charge >= 0.3 is 0 Å². The molecule has 3 aromatic carbocycles. The second-order valence-corrected chi connectivity index (χ2v) is 8.18. The third-order valence-electron chi connectivity index (χ3n) is 4.83. The summed E-state index contributed by atoms with van der Waals surface area (Å²) in [6, 6.07) is 18.1. The fourth-order valence-electron chi connectivity index (χ4n) is 3.14. The van der Waals surface area contributed by atoms with Gasteiger partial charge in [-0.15, -0.1) is 0 Å². The summed E-state index contributed by atoms with van der Waals surface area (Å²) in [6.45, 7) is 3.06. The van der Waals surface area contributed by atoms with Gasteiger partial charge in [-0.25, -0.2) is 4.39 Å². The molecular formula is C25H26BrFN2O3. The average molecular weight is 501 g/mol. The van der Waals surface area contributed by atoms with E-state index in [4.69, 9.17) is 9.47 Å². The minimum Gasteiger partial charge on any atom is -0.493 e. The van der Waals surface area contributed by atoms with E-state index >= 15 is 0 Å². The van der Waals surface area contributed by atoms with Crippen LogP contribution < -0.4 is 20.1 Å². The Morgan fingerprint density at radius 2 is 1.84 bits per heavy atom. The van der Waals surface area contributed by atoms with Crippen LogP contribution in [0.25, 0.3) is 0 Å². The molecule has 0 aliphatic carbocycles. The molecule has 0 unspecified atom stereocenters. The molecule has 0 aliphatic heterocycles. The van der Waals surface area contributed by atoms with Crippen LogP contribution >= 0.6 is 15.9 Å². The molecular weight excluding hydrogens is 475 g/mol. The van der Waals surface area contributed by atoms with E-state index in [1.165, 1.54) is 6.07 Å². The first kappa shape index (κ1) is 23.8. The molecule has 2 N–H and O–H groups in total. The first-order chi connectivity index (χ1) is 15.5. The smallest absolute Gasteiger partial charge is 0.262 e. The Kier molecular flexibility index (Phi) is 8.64. The molecule has 0 fully saturated rings. The Morgan fingerprint density at radius 3 is 2.56 bits per heavy atom. The number of rotatable bonds is 10. The van der Waals surface area contributed by atoms with Gasteiger partial charge in [-0.05, 0) is 77.3 Å². The predicted molar refractivity (Wildman–Crippen MR) is 128 cm³/mol. The molecule has 0 heterocycles. The molecule has 0 radical (unpaired) electrons. The van der Waals surface area contributed by atoms with Gasteiger partial charge in [0.2, 0.25) is 0 Å². The number of nitrogens with one attached hydrogen (secondary N) is 2. The molecule has 0 saturated heterocycles. The van der Waals surface area contributed by atoms with Gasteiger partial charge in [-0.1, -0.05) is 35.9 Å². The van der Waals surface area contributed by atoms with Gasteiger partial charge in [-0.2, -0.15) is 0 Å². The number of methoxy groups -OCH3 is 1. The van der Waals surface area contributed by atoms with Crippen molar-refractivity contribution >= 4 is 27.5 Å². The van der Waals surface area contributed by atoms with Crippen LogP contribution in [-0.4, -0.2) is 26.2 Å². The molecule has 1 amide bonds. The highest BCUT2D eigenvalue weighted by molar-refractivity contribution is 9.10. The van der Waals surface area contributed by atoms with E-state index in [9.17, 15) is 9.18 Å². The van der Waals surface area contributed by atoms with E-state index < -0.39 is 0 Å². The van der Waals surface area contributed by atoms with Gasteiger partial charge < -0.3 is 20.1 Å². The second-order valence-electron chi connectivity index (χ2n) is 7.33. The molecule has 0 spiro atoms. The third-order valence-corrected chi connectivity index (χ3v) is 5.42. The molecule has 32 heavy (non-hydrogen) atoms. The lowest BCUT2D eigenvalue weighted by Crippen LogP contribution is -2.20. The molecule has 0 aromatic heterocycles. The van der Waals surface area contributed by atoms with E-state index in [0.717, 1.165) is 11.1 Å². The Morgan fingerprint density at radius 1 is 1.09 bits per heavy atom. The number of hydrogen-bond donors (Lipinski definition) is 2. The van der Waals surface area contributed by atoms with Crippen molar-refractivity contribution in [2.24, 2.45) is 0 Å². The van der Waals surface area contributed by atoms with Crippen molar-refractivity contribution in [3.8, 4) is 11.5 Å². The fourth-order valence-corrected chi connectivity index (χ4v) is 3.75. The lowest BCUT2D eigenvalue weighted by Gasteiger charge is -2.15. The normalized spacial score (nSPS) is 10.6. The first-order valence-electron chi connectivity index (χ1n) is 10.3. The Bertz CT molecular complexity index is 1060. The minimum atomic E-state index is -0.262. The van der Waals surface area contributed by atoms with Gasteiger partial charge in [0.1, 0.15) is 5.82 Å². The summed E-state index contributed by atoms with van der Waals surface area (Å²) in [7, 11) is 1.55. The lowest BCUT2D eigenvalue weighted by atomic mass is 10.1. The zero-order valence-corrected chi connectivity index (χ0v) is 19.7.